The summed E-state index contributed by atoms with van der Waals surface area (Å²) in [7, 11) is 0. The van der Waals surface area contributed by atoms with Crippen molar-refractivity contribution in [3.8, 4) is 5.75 Å². The zero-order valence-electron chi connectivity index (χ0n) is 15.3. The van der Waals surface area contributed by atoms with Crippen LogP contribution in [0.5, 0.6) is 5.75 Å². The Kier molecular flexibility index (Phi) is 5.11. The average molecular weight is 372 g/mol. The number of hydrogen-bond acceptors (Lipinski definition) is 3. The van der Waals surface area contributed by atoms with Crippen LogP contribution in [0.25, 0.3) is 11.0 Å². The van der Waals surface area contributed by atoms with Crippen LogP contribution >= 0.6 is 0 Å². The van der Waals surface area contributed by atoms with Gasteiger partial charge < -0.3 is 14.3 Å². The molecule has 0 radical (unpaired) electrons. The Labute approximate surface area is 163 Å². The smallest absolute Gasteiger partial charge is 0.372 e. The molecule has 4 heteroatoms. The molecule has 0 unspecified atom stereocenters. The fourth-order valence-corrected chi connectivity index (χ4v) is 3.36. The first kappa shape index (κ1) is 17.9. The molecule has 0 saturated carbocycles. The molecular formula is C24H20O4. The maximum Gasteiger partial charge on any atom is 0.372 e. The summed E-state index contributed by atoms with van der Waals surface area (Å²) in [5, 5.41) is 10.4. The van der Waals surface area contributed by atoms with Gasteiger partial charge in [0, 0.05) is 5.56 Å². The highest BCUT2D eigenvalue weighted by atomic mass is 16.5. The van der Waals surface area contributed by atoms with Gasteiger partial charge in [-0.15, -0.1) is 0 Å². The van der Waals surface area contributed by atoms with Crippen LogP contribution in [0.3, 0.4) is 0 Å². The van der Waals surface area contributed by atoms with Crippen molar-refractivity contribution in [1.82, 2.24) is 0 Å². The van der Waals surface area contributed by atoms with Crippen molar-refractivity contribution >= 4 is 16.9 Å². The summed E-state index contributed by atoms with van der Waals surface area (Å²) in [6, 6.07) is 25.3. The van der Waals surface area contributed by atoms with Gasteiger partial charge in [0.2, 0.25) is 5.76 Å². The fourth-order valence-electron chi connectivity index (χ4n) is 3.36. The predicted octanol–water partition coefficient (Wildman–Crippen LogP) is 5.50. The van der Waals surface area contributed by atoms with E-state index in [1.165, 1.54) is 0 Å². The maximum absolute atomic E-state index is 11.8. The van der Waals surface area contributed by atoms with E-state index >= 15 is 0 Å². The highest BCUT2D eigenvalue weighted by molar-refractivity contribution is 5.97. The van der Waals surface area contributed by atoms with Crippen molar-refractivity contribution in [3.05, 3.63) is 101 Å². The molecule has 0 saturated heterocycles. The van der Waals surface area contributed by atoms with Gasteiger partial charge in [-0.25, -0.2) is 4.79 Å². The Morgan fingerprint density at radius 1 is 0.821 bits per heavy atom. The summed E-state index contributed by atoms with van der Waals surface area (Å²) in [6.07, 6.45) is 1.28. The normalized spacial score (nSPS) is 10.9. The van der Waals surface area contributed by atoms with E-state index in [1.54, 1.807) is 6.07 Å². The average Bonchev–Trinajstić information content (AvgIpc) is 3.12. The molecule has 4 aromatic rings. The van der Waals surface area contributed by atoms with Crippen molar-refractivity contribution < 1.29 is 19.1 Å². The third-order valence-electron chi connectivity index (χ3n) is 4.71. The molecule has 0 amide bonds. The molecule has 3 aromatic carbocycles. The van der Waals surface area contributed by atoms with Crippen molar-refractivity contribution in [3.63, 3.8) is 0 Å². The third kappa shape index (κ3) is 3.76. The molecule has 0 atom stereocenters. The lowest BCUT2D eigenvalue weighted by molar-refractivity contribution is 0.0663. The van der Waals surface area contributed by atoms with Gasteiger partial charge in [0.25, 0.3) is 0 Å². The number of aryl methyl sites for hydroxylation is 2. The zero-order valence-corrected chi connectivity index (χ0v) is 15.3. The molecule has 140 valence electrons. The lowest BCUT2D eigenvalue weighted by atomic mass is 10.0. The summed E-state index contributed by atoms with van der Waals surface area (Å²) >= 11 is 0. The predicted molar refractivity (Wildman–Crippen MR) is 108 cm³/mol. The highest BCUT2D eigenvalue weighted by Gasteiger charge is 2.22. The van der Waals surface area contributed by atoms with Crippen LogP contribution in [0.15, 0.2) is 83.3 Å². The molecule has 0 bridgehead atoms. The molecule has 1 heterocycles. The van der Waals surface area contributed by atoms with Crippen molar-refractivity contribution in [2.24, 2.45) is 0 Å². The molecule has 4 nitrogen and oxygen atoms in total. The SMILES string of the molecule is O=C(O)c1oc2cccc(OCc3ccccc3)c2c1CCc1ccccc1. The summed E-state index contributed by atoms with van der Waals surface area (Å²) in [5.74, 6) is -0.435. The van der Waals surface area contributed by atoms with Crippen molar-refractivity contribution in [2.45, 2.75) is 19.4 Å². The summed E-state index contributed by atoms with van der Waals surface area (Å²) in [5.41, 5.74) is 3.41. The molecule has 0 aliphatic carbocycles. The van der Waals surface area contributed by atoms with Gasteiger partial charge in [-0.1, -0.05) is 66.7 Å². The Morgan fingerprint density at radius 3 is 2.18 bits per heavy atom. The van der Waals surface area contributed by atoms with E-state index in [4.69, 9.17) is 9.15 Å². The second-order valence-electron chi connectivity index (χ2n) is 6.60. The number of hydrogen-bond donors (Lipinski definition) is 1. The molecule has 0 aliphatic heterocycles. The highest BCUT2D eigenvalue weighted by Crippen LogP contribution is 2.35. The summed E-state index contributed by atoms with van der Waals surface area (Å²) in [4.78, 5) is 11.8. The van der Waals surface area contributed by atoms with Gasteiger partial charge in [-0.3, -0.25) is 0 Å². The maximum atomic E-state index is 11.8. The molecule has 0 spiro atoms. The van der Waals surface area contributed by atoms with E-state index in [1.807, 2.05) is 72.8 Å². The lowest BCUT2D eigenvalue weighted by Crippen LogP contribution is -2.02. The number of carboxylic acid groups (broad SMARTS) is 1. The van der Waals surface area contributed by atoms with Gasteiger partial charge in [-0.05, 0) is 36.1 Å². The van der Waals surface area contributed by atoms with E-state index < -0.39 is 5.97 Å². The Balaban J connectivity index is 1.69. The van der Waals surface area contributed by atoms with Crippen LogP contribution in [-0.4, -0.2) is 11.1 Å². The van der Waals surface area contributed by atoms with Crippen LogP contribution in [-0.2, 0) is 19.4 Å². The molecule has 1 aromatic heterocycles. The van der Waals surface area contributed by atoms with Crippen LogP contribution in [0.4, 0.5) is 0 Å². The van der Waals surface area contributed by atoms with Crippen LogP contribution < -0.4 is 4.74 Å². The number of aromatic carboxylic acids is 1. The van der Waals surface area contributed by atoms with Crippen molar-refractivity contribution in [1.29, 1.82) is 0 Å². The van der Waals surface area contributed by atoms with E-state index in [-0.39, 0.29) is 5.76 Å². The van der Waals surface area contributed by atoms with Crippen LogP contribution in [0, 0.1) is 0 Å². The minimum Gasteiger partial charge on any atom is -0.488 e. The topological polar surface area (TPSA) is 59.7 Å². The quantitative estimate of drug-likeness (QED) is 0.466. The second kappa shape index (κ2) is 8.01. The molecule has 1 N–H and O–H groups in total. The minimum atomic E-state index is -1.06. The van der Waals surface area contributed by atoms with Gasteiger partial charge in [0.15, 0.2) is 0 Å². The monoisotopic (exact) mass is 372 g/mol. The van der Waals surface area contributed by atoms with Crippen LogP contribution in [0.1, 0.15) is 27.2 Å². The largest absolute Gasteiger partial charge is 0.488 e. The third-order valence-corrected chi connectivity index (χ3v) is 4.71. The first-order chi connectivity index (χ1) is 13.7. The minimum absolute atomic E-state index is 0.0123. The number of carbonyl (C=O) groups is 1. The Hall–Kier alpha value is -3.53. The molecular weight excluding hydrogens is 352 g/mol. The molecule has 28 heavy (non-hydrogen) atoms. The van der Waals surface area contributed by atoms with Gasteiger partial charge in [-0.2, -0.15) is 0 Å². The number of benzene rings is 3. The standard InChI is InChI=1S/C24H20O4/c25-24(26)23-19(15-14-17-8-3-1-4-9-17)22-20(12-7-13-21(22)28-23)27-16-18-10-5-2-6-11-18/h1-13H,14-16H2,(H,25,26). The van der Waals surface area contributed by atoms with Gasteiger partial charge >= 0.3 is 5.97 Å². The van der Waals surface area contributed by atoms with E-state index in [0.717, 1.165) is 22.9 Å². The number of rotatable bonds is 7. The summed E-state index contributed by atoms with van der Waals surface area (Å²) < 4.78 is 11.7. The number of ether oxygens (including phenoxy) is 1. The number of furan rings is 1. The zero-order chi connectivity index (χ0) is 19.3. The van der Waals surface area contributed by atoms with Crippen LogP contribution in [0.2, 0.25) is 0 Å². The van der Waals surface area contributed by atoms with Gasteiger partial charge in [0.1, 0.15) is 17.9 Å². The summed E-state index contributed by atoms with van der Waals surface area (Å²) in [6.45, 7) is 0.408. The molecule has 4 rings (SSSR count). The Bertz CT molecular complexity index is 1080. The van der Waals surface area contributed by atoms with E-state index in [9.17, 15) is 9.90 Å². The Morgan fingerprint density at radius 2 is 1.50 bits per heavy atom. The van der Waals surface area contributed by atoms with Gasteiger partial charge in [0.05, 0.1) is 5.39 Å². The van der Waals surface area contributed by atoms with E-state index in [2.05, 4.69) is 0 Å². The first-order valence-corrected chi connectivity index (χ1v) is 9.20. The lowest BCUT2D eigenvalue weighted by Gasteiger charge is -2.09. The number of carboxylic acids is 1. The molecule has 0 fully saturated rings. The fraction of sp³-hybridized carbons (Fsp3) is 0.125. The second-order valence-corrected chi connectivity index (χ2v) is 6.60. The number of fused-ring (bicyclic) bond motifs is 1. The van der Waals surface area contributed by atoms with E-state index in [0.29, 0.717) is 29.9 Å². The van der Waals surface area contributed by atoms with Crippen molar-refractivity contribution in [2.75, 3.05) is 0 Å². The first-order valence-electron chi connectivity index (χ1n) is 9.20. The molecule has 0 aliphatic rings.